The first kappa shape index (κ1) is 15.8. The molecule has 1 atom stereocenters. The van der Waals surface area contributed by atoms with Crippen molar-refractivity contribution in [1.29, 1.82) is 0 Å². The molecule has 2 rings (SSSR count). The molecule has 0 spiro atoms. The molecule has 0 aromatic carbocycles. The van der Waals surface area contributed by atoms with E-state index in [0.717, 1.165) is 11.4 Å². The predicted octanol–water partition coefficient (Wildman–Crippen LogP) is 4.25. The highest BCUT2D eigenvalue weighted by atomic mass is 79.9. The highest BCUT2D eigenvalue weighted by Crippen LogP contribution is 2.33. The third kappa shape index (κ3) is 3.38. The second-order valence-corrected chi connectivity index (χ2v) is 6.51. The number of nitro groups is 1. The molecule has 2 aromatic heterocycles. The highest BCUT2D eigenvalue weighted by Gasteiger charge is 2.19. The van der Waals surface area contributed by atoms with Gasteiger partial charge in [-0.25, -0.2) is 9.97 Å². The number of hydrogen-bond acceptors (Lipinski definition) is 6. The van der Waals surface area contributed by atoms with Gasteiger partial charge >= 0.3 is 0 Å². The largest absolute Gasteiger partial charge is 0.360 e. The molecule has 2 heterocycles. The summed E-state index contributed by atoms with van der Waals surface area (Å²) < 4.78 is 0.607. The van der Waals surface area contributed by atoms with E-state index in [0.29, 0.717) is 15.9 Å². The molecule has 6 nitrogen and oxygen atoms in total. The number of nitrogens with zero attached hydrogens (tertiary/aromatic N) is 3. The second kappa shape index (κ2) is 6.48. The van der Waals surface area contributed by atoms with Crippen LogP contribution < -0.4 is 5.32 Å². The fourth-order valence-electron chi connectivity index (χ4n) is 1.81. The third-order valence-electron chi connectivity index (χ3n) is 3.08. The van der Waals surface area contributed by atoms with Gasteiger partial charge in [-0.05, 0) is 36.2 Å². The number of aryl methyl sites for hydroxylation is 1. The molecule has 112 valence electrons. The first-order chi connectivity index (χ1) is 9.93. The van der Waals surface area contributed by atoms with E-state index in [1.54, 1.807) is 18.3 Å². The molecule has 1 N–H and O–H groups in total. The second-order valence-electron chi connectivity index (χ2n) is 4.57. The number of rotatable bonds is 5. The van der Waals surface area contributed by atoms with Crippen LogP contribution in [0.3, 0.4) is 0 Å². The molecule has 0 saturated heterocycles. The van der Waals surface area contributed by atoms with Crippen LogP contribution in [-0.2, 0) is 6.42 Å². The van der Waals surface area contributed by atoms with Crippen LogP contribution in [-0.4, -0.2) is 14.9 Å². The lowest BCUT2D eigenvalue weighted by Crippen LogP contribution is -2.09. The predicted molar refractivity (Wildman–Crippen MR) is 86.9 cm³/mol. The molecule has 21 heavy (non-hydrogen) atoms. The van der Waals surface area contributed by atoms with Gasteiger partial charge in [-0.2, -0.15) is 0 Å². The molecular weight excluding hydrogens is 356 g/mol. The normalized spacial score (nSPS) is 12.2. The molecule has 0 radical (unpaired) electrons. The SMILES string of the molecule is CCc1cnc(C(C)Nc2ncc([N+](=O)[O-])c(C)c2Br)s1. The van der Waals surface area contributed by atoms with Gasteiger partial charge in [0.2, 0.25) is 0 Å². The monoisotopic (exact) mass is 370 g/mol. The number of aromatic nitrogens is 2. The van der Waals surface area contributed by atoms with Crippen molar-refractivity contribution >= 4 is 38.8 Å². The smallest absolute Gasteiger partial charge is 0.291 e. The molecule has 1 unspecified atom stereocenters. The van der Waals surface area contributed by atoms with Crippen molar-refractivity contribution in [1.82, 2.24) is 9.97 Å². The average molecular weight is 371 g/mol. The average Bonchev–Trinajstić information content (AvgIpc) is 2.92. The lowest BCUT2D eigenvalue weighted by molar-refractivity contribution is -0.385. The summed E-state index contributed by atoms with van der Waals surface area (Å²) in [5, 5.41) is 15.1. The van der Waals surface area contributed by atoms with Gasteiger partial charge in [-0.15, -0.1) is 11.3 Å². The Morgan fingerprint density at radius 2 is 2.19 bits per heavy atom. The van der Waals surface area contributed by atoms with Crippen molar-refractivity contribution in [3.8, 4) is 0 Å². The Morgan fingerprint density at radius 1 is 1.48 bits per heavy atom. The molecule has 0 aliphatic rings. The maximum absolute atomic E-state index is 10.9. The molecule has 0 saturated carbocycles. The Hall–Kier alpha value is -1.54. The van der Waals surface area contributed by atoms with E-state index in [9.17, 15) is 10.1 Å². The lowest BCUT2D eigenvalue weighted by Gasteiger charge is -2.14. The standard InChI is InChI=1S/C13H15BrN4O2S/c1-4-9-5-16-13(21-9)8(3)17-12-11(14)7(2)10(6-15-12)18(19)20/h5-6,8H,4H2,1-3H3,(H,15,17). The van der Waals surface area contributed by atoms with Gasteiger partial charge in [-0.3, -0.25) is 10.1 Å². The van der Waals surface area contributed by atoms with Gasteiger partial charge in [0, 0.05) is 16.6 Å². The zero-order valence-corrected chi connectivity index (χ0v) is 14.3. The van der Waals surface area contributed by atoms with Crippen molar-refractivity contribution in [2.75, 3.05) is 5.32 Å². The summed E-state index contributed by atoms with van der Waals surface area (Å²) >= 11 is 5.03. The highest BCUT2D eigenvalue weighted by molar-refractivity contribution is 9.10. The van der Waals surface area contributed by atoms with E-state index < -0.39 is 4.92 Å². The third-order valence-corrected chi connectivity index (χ3v) is 5.37. The number of anilines is 1. The first-order valence-electron chi connectivity index (χ1n) is 6.44. The lowest BCUT2D eigenvalue weighted by atomic mass is 10.2. The summed E-state index contributed by atoms with van der Waals surface area (Å²) in [4.78, 5) is 20.2. The van der Waals surface area contributed by atoms with Crippen molar-refractivity contribution in [3.05, 3.63) is 42.4 Å². The Labute approximate surface area is 134 Å². The van der Waals surface area contributed by atoms with Gasteiger partial charge in [0.15, 0.2) is 0 Å². The van der Waals surface area contributed by atoms with Crippen molar-refractivity contribution in [2.45, 2.75) is 33.2 Å². The zero-order chi connectivity index (χ0) is 15.6. The van der Waals surface area contributed by atoms with Crippen LogP contribution in [0.1, 0.15) is 35.3 Å². The van der Waals surface area contributed by atoms with Crippen LogP contribution in [0.5, 0.6) is 0 Å². The summed E-state index contributed by atoms with van der Waals surface area (Å²) in [6.07, 6.45) is 4.11. The number of nitrogens with one attached hydrogen (secondary N) is 1. The Bertz CT molecular complexity index is 674. The van der Waals surface area contributed by atoms with Crippen molar-refractivity contribution < 1.29 is 4.92 Å². The van der Waals surface area contributed by atoms with E-state index in [1.165, 1.54) is 11.1 Å². The maximum atomic E-state index is 10.9. The molecule has 0 aliphatic heterocycles. The fraction of sp³-hybridized carbons (Fsp3) is 0.385. The van der Waals surface area contributed by atoms with Gasteiger partial charge in [-0.1, -0.05) is 6.92 Å². The van der Waals surface area contributed by atoms with Crippen molar-refractivity contribution in [2.24, 2.45) is 0 Å². The molecule has 0 fully saturated rings. The van der Waals surface area contributed by atoms with Crippen LogP contribution in [0.4, 0.5) is 11.5 Å². The molecule has 8 heteroatoms. The molecule has 0 aliphatic carbocycles. The summed E-state index contributed by atoms with van der Waals surface area (Å²) in [6.45, 7) is 5.77. The van der Waals surface area contributed by atoms with Crippen LogP contribution in [0.15, 0.2) is 16.9 Å². The Morgan fingerprint density at radius 3 is 2.76 bits per heavy atom. The fourth-order valence-corrected chi connectivity index (χ4v) is 3.09. The minimum absolute atomic E-state index is 0.00240. The quantitative estimate of drug-likeness (QED) is 0.628. The molecule has 2 aromatic rings. The van der Waals surface area contributed by atoms with Gasteiger partial charge in [0.05, 0.1) is 15.4 Å². The van der Waals surface area contributed by atoms with E-state index in [2.05, 4.69) is 38.1 Å². The van der Waals surface area contributed by atoms with Crippen molar-refractivity contribution in [3.63, 3.8) is 0 Å². The van der Waals surface area contributed by atoms with Gasteiger partial charge < -0.3 is 5.32 Å². The molecule has 0 bridgehead atoms. The summed E-state index contributed by atoms with van der Waals surface area (Å²) in [5.41, 5.74) is 0.556. The van der Waals surface area contributed by atoms with Gasteiger partial charge in [0.1, 0.15) is 17.0 Å². The minimum atomic E-state index is -0.436. The van der Waals surface area contributed by atoms with Crippen LogP contribution >= 0.6 is 27.3 Å². The first-order valence-corrected chi connectivity index (χ1v) is 8.05. The van der Waals surface area contributed by atoms with E-state index in [-0.39, 0.29) is 11.7 Å². The van der Waals surface area contributed by atoms with E-state index in [1.807, 2.05) is 13.1 Å². The van der Waals surface area contributed by atoms with Gasteiger partial charge in [0.25, 0.3) is 5.69 Å². The Balaban J connectivity index is 2.23. The van der Waals surface area contributed by atoms with Crippen LogP contribution in [0.25, 0.3) is 0 Å². The summed E-state index contributed by atoms with van der Waals surface area (Å²) in [5.74, 6) is 0.582. The molecular formula is C13H15BrN4O2S. The number of hydrogen-bond donors (Lipinski definition) is 1. The Kier molecular flexibility index (Phi) is 4.89. The number of thiazole rings is 1. The van der Waals surface area contributed by atoms with E-state index >= 15 is 0 Å². The van der Waals surface area contributed by atoms with E-state index in [4.69, 9.17) is 0 Å². The number of pyridine rings is 1. The minimum Gasteiger partial charge on any atom is -0.360 e. The summed E-state index contributed by atoms with van der Waals surface area (Å²) in [7, 11) is 0. The van der Waals surface area contributed by atoms with Crippen LogP contribution in [0, 0.1) is 17.0 Å². The maximum Gasteiger partial charge on any atom is 0.291 e. The van der Waals surface area contributed by atoms with Crippen LogP contribution in [0.2, 0.25) is 0 Å². The summed E-state index contributed by atoms with van der Waals surface area (Å²) in [6, 6.07) is -0.0139. The molecule has 0 amide bonds. The topological polar surface area (TPSA) is 81.0 Å². The zero-order valence-electron chi connectivity index (χ0n) is 11.9. The number of halogens is 1.